The first-order valence-electron chi connectivity index (χ1n) is 11.0. The monoisotopic (exact) mass is 487 g/mol. The van der Waals surface area contributed by atoms with Crippen molar-refractivity contribution in [1.29, 1.82) is 0 Å². The van der Waals surface area contributed by atoms with Crippen LogP contribution in [0, 0.1) is 6.92 Å². The van der Waals surface area contributed by atoms with Gasteiger partial charge in [-0.3, -0.25) is 0 Å². The predicted octanol–water partition coefficient (Wildman–Crippen LogP) is 4.57. The van der Waals surface area contributed by atoms with E-state index in [0.717, 1.165) is 22.7 Å². The summed E-state index contributed by atoms with van der Waals surface area (Å²) in [5.74, 6) is -1.43. The van der Waals surface area contributed by atoms with E-state index in [1.807, 2.05) is 54.0 Å². The standard InChI is InChI=1S/C28H25NO7/c1-16-23-19-9-7-6-8-10-20(19)24(28(32)36-5)25(23)26(21(27(31)35-4)15-22(30)34-3)29(16)17-11-13-18(33-2)14-12-17/h6-15H,1-5H3/b21-15-. The zero-order valence-electron chi connectivity index (χ0n) is 20.6. The highest BCUT2D eigenvalue weighted by Gasteiger charge is 2.33. The van der Waals surface area contributed by atoms with Gasteiger partial charge in [0.25, 0.3) is 0 Å². The summed E-state index contributed by atoms with van der Waals surface area (Å²) in [6.45, 7) is 1.89. The number of carbonyl (C=O) groups is 3. The number of rotatable bonds is 6. The van der Waals surface area contributed by atoms with E-state index in [1.165, 1.54) is 21.3 Å². The van der Waals surface area contributed by atoms with E-state index in [0.29, 0.717) is 28.1 Å². The molecule has 2 aliphatic rings. The number of aryl methyl sites for hydroxylation is 1. The molecule has 0 saturated carbocycles. The van der Waals surface area contributed by atoms with Crippen molar-refractivity contribution >= 4 is 34.3 Å². The molecular weight excluding hydrogens is 462 g/mol. The van der Waals surface area contributed by atoms with Gasteiger partial charge in [0, 0.05) is 28.2 Å². The Hall–Kier alpha value is -4.59. The van der Waals surface area contributed by atoms with Crippen LogP contribution in [-0.2, 0) is 23.8 Å². The molecule has 0 N–H and O–H groups in total. The van der Waals surface area contributed by atoms with Gasteiger partial charge in [0.2, 0.25) is 0 Å². The van der Waals surface area contributed by atoms with Gasteiger partial charge in [-0.2, -0.15) is 0 Å². The molecule has 2 aliphatic carbocycles. The SMILES string of the molecule is COC(=O)/C=C(\C(=O)OC)c1c2c(C(=O)OC)c3cccccc-3c2c(C)n1-c1ccc(OC)cc1. The molecule has 0 aliphatic heterocycles. The first kappa shape index (κ1) is 24.5. The number of carbonyl (C=O) groups excluding carboxylic acids is 3. The molecule has 0 fully saturated rings. The third-order valence-corrected chi connectivity index (χ3v) is 6.08. The number of ether oxygens (including phenoxy) is 4. The highest BCUT2D eigenvalue weighted by Crippen LogP contribution is 2.46. The van der Waals surface area contributed by atoms with Crippen LogP contribution in [0.2, 0.25) is 0 Å². The molecule has 0 bridgehead atoms. The van der Waals surface area contributed by atoms with Crippen LogP contribution in [0.1, 0.15) is 21.7 Å². The topological polar surface area (TPSA) is 93.1 Å². The minimum atomic E-state index is -0.763. The number of aromatic nitrogens is 1. The Morgan fingerprint density at radius 1 is 0.778 bits per heavy atom. The molecule has 0 saturated heterocycles. The Balaban J connectivity index is 2.27. The van der Waals surface area contributed by atoms with E-state index in [4.69, 9.17) is 18.9 Å². The van der Waals surface area contributed by atoms with Gasteiger partial charge in [0.1, 0.15) is 5.75 Å². The molecule has 184 valence electrons. The maximum Gasteiger partial charge on any atom is 0.340 e. The Morgan fingerprint density at radius 2 is 1.44 bits per heavy atom. The third-order valence-electron chi connectivity index (χ3n) is 6.08. The highest BCUT2D eigenvalue weighted by molar-refractivity contribution is 6.29. The van der Waals surface area contributed by atoms with Crippen molar-refractivity contribution in [3.05, 3.63) is 77.6 Å². The summed E-state index contributed by atoms with van der Waals surface area (Å²) in [6.07, 6.45) is 1.07. The summed E-state index contributed by atoms with van der Waals surface area (Å²) in [5, 5.41) is 1.21. The zero-order valence-corrected chi connectivity index (χ0v) is 20.6. The molecule has 36 heavy (non-hydrogen) atoms. The second-order valence-corrected chi connectivity index (χ2v) is 7.89. The van der Waals surface area contributed by atoms with Gasteiger partial charge >= 0.3 is 17.9 Å². The largest absolute Gasteiger partial charge is 0.497 e. The fraction of sp³-hybridized carbons (Fsp3) is 0.179. The van der Waals surface area contributed by atoms with Gasteiger partial charge < -0.3 is 23.5 Å². The number of nitrogens with zero attached hydrogens (tertiary/aromatic N) is 1. The van der Waals surface area contributed by atoms with Crippen LogP contribution in [0.5, 0.6) is 5.75 Å². The lowest BCUT2D eigenvalue weighted by atomic mass is 10.0. The van der Waals surface area contributed by atoms with Gasteiger partial charge in [-0.15, -0.1) is 0 Å². The van der Waals surface area contributed by atoms with Crippen molar-refractivity contribution in [2.24, 2.45) is 0 Å². The second-order valence-electron chi connectivity index (χ2n) is 7.89. The predicted molar refractivity (Wildman–Crippen MR) is 135 cm³/mol. The number of fused-ring (bicyclic) bond motifs is 3. The molecule has 0 amide bonds. The molecule has 0 atom stereocenters. The van der Waals surface area contributed by atoms with Crippen LogP contribution < -0.4 is 4.74 Å². The Morgan fingerprint density at radius 3 is 2.03 bits per heavy atom. The number of hydrogen-bond donors (Lipinski definition) is 0. The van der Waals surface area contributed by atoms with E-state index >= 15 is 0 Å². The second kappa shape index (κ2) is 9.95. The van der Waals surface area contributed by atoms with Crippen LogP contribution in [0.4, 0.5) is 0 Å². The van der Waals surface area contributed by atoms with E-state index < -0.39 is 17.9 Å². The van der Waals surface area contributed by atoms with Crippen molar-refractivity contribution < 1.29 is 33.3 Å². The van der Waals surface area contributed by atoms with Gasteiger partial charge in [0.05, 0.1) is 45.3 Å². The summed E-state index contributed by atoms with van der Waals surface area (Å²) in [6, 6.07) is 16.5. The molecule has 0 radical (unpaired) electrons. The van der Waals surface area contributed by atoms with Crippen molar-refractivity contribution in [3.63, 3.8) is 0 Å². The summed E-state index contributed by atoms with van der Waals surface area (Å²) in [7, 11) is 5.31. The number of benzene rings is 1. The van der Waals surface area contributed by atoms with Crippen LogP contribution in [0.25, 0.3) is 33.2 Å². The fourth-order valence-electron chi connectivity index (χ4n) is 4.52. The molecule has 1 heterocycles. The van der Waals surface area contributed by atoms with Crippen LogP contribution in [-0.4, -0.2) is 50.9 Å². The minimum absolute atomic E-state index is 0.0666. The lowest BCUT2D eigenvalue weighted by Gasteiger charge is -2.15. The van der Waals surface area contributed by atoms with Gasteiger partial charge in [-0.05, 0) is 42.3 Å². The molecule has 0 unspecified atom stereocenters. The maximum absolute atomic E-state index is 13.2. The summed E-state index contributed by atoms with van der Waals surface area (Å²) < 4.78 is 22.1. The lowest BCUT2D eigenvalue weighted by Crippen LogP contribution is -2.13. The Bertz CT molecular complexity index is 1480. The minimum Gasteiger partial charge on any atom is -0.497 e. The Kier molecular flexibility index (Phi) is 6.78. The Labute approximate surface area is 208 Å². The van der Waals surface area contributed by atoms with Gasteiger partial charge in [-0.25, -0.2) is 14.4 Å². The molecule has 1 aromatic heterocycles. The third kappa shape index (κ3) is 3.96. The van der Waals surface area contributed by atoms with E-state index in [9.17, 15) is 14.4 Å². The van der Waals surface area contributed by atoms with Crippen molar-refractivity contribution in [2.45, 2.75) is 6.92 Å². The average Bonchev–Trinajstić information content (AvgIpc) is 3.25. The van der Waals surface area contributed by atoms with Crippen molar-refractivity contribution in [1.82, 2.24) is 4.57 Å². The maximum atomic E-state index is 13.2. The highest BCUT2D eigenvalue weighted by atomic mass is 16.5. The number of hydrogen-bond acceptors (Lipinski definition) is 7. The quantitative estimate of drug-likeness (QED) is 0.223. The fourth-order valence-corrected chi connectivity index (χ4v) is 4.52. The van der Waals surface area contributed by atoms with Gasteiger partial charge in [0.15, 0.2) is 0 Å². The molecule has 1 aromatic carbocycles. The first-order chi connectivity index (χ1) is 17.4. The summed E-state index contributed by atoms with van der Waals surface area (Å²) >= 11 is 0. The lowest BCUT2D eigenvalue weighted by molar-refractivity contribution is -0.136. The number of esters is 3. The van der Waals surface area contributed by atoms with E-state index in [1.54, 1.807) is 19.2 Å². The van der Waals surface area contributed by atoms with Crippen molar-refractivity contribution in [3.8, 4) is 22.6 Å². The number of methoxy groups -OCH3 is 4. The molecule has 2 aromatic rings. The normalized spacial score (nSPS) is 11.4. The van der Waals surface area contributed by atoms with Crippen LogP contribution >= 0.6 is 0 Å². The van der Waals surface area contributed by atoms with Crippen LogP contribution in [0.15, 0.2) is 60.7 Å². The van der Waals surface area contributed by atoms with E-state index in [2.05, 4.69) is 0 Å². The first-order valence-corrected chi connectivity index (χ1v) is 11.0. The zero-order chi connectivity index (χ0) is 26.0. The molecule has 8 heteroatoms. The summed E-state index contributed by atoms with van der Waals surface area (Å²) in [5.41, 5.74) is 3.41. The summed E-state index contributed by atoms with van der Waals surface area (Å²) in [4.78, 5) is 38.6. The van der Waals surface area contributed by atoms with Crippen molar-refractivity contribution in [2.75, 3.05) is 28.4 Å². The average molecular weight is 488 g/mol. The molecular formula is C28H25NO7. The molecule has 0 spiro atoms. The van der Waals surface area contributed by atoms with Gasteiger partial charge in [-0.1, -0.05) is 30.3 Å². The smallest absolute Gasteiger partial charge is 0.340 e. The molecule has 4 rings (SSSR count). The van der Waals surface area contributed by atoms with Crippen LogP contribution in [0.3, 0.4) is 0 Å². The van der Waals surface area contributed by atoms with E-state index in [-0.39, 0.29) is 11.1 Å². The molecule has 8 nitrogen and oxygen atoms in total.